The number of hydrogen-bond acceptors (Lipinski definition) is 4. The first-order chi connectivity index (χ1) is 15.8. The normalized spacial score (nSPS) is 16.1. The molecule has 0 aliphatic carbocycles. The fourth-order valence-electron chi connectivity index (χ4n) is 3.75. The van der Waals surface area contributed by atoms with Crippen LogP contribution in [0.25, 0.3) is 0 Å². The average Bonchev–Trinajstić information content (AvgIpc) is 3.20. The van der Waals surface area contributed by atoms with Crippen LogP contribution in [0.5, 0.6) is 5.75 Å². The Morgan fingerprint density at radius 3 is 2.18 bits per heavy atom. The highest BCUT2D eigenvalue weighted by atomic mass is 32.2. The summed E-state index contributed by atoms with van der Waals surface area (Å²) in [5.74, 6) is 1.11. The van der Waals surface area contributed by atoms with Crippen LogP contribution in [0.1, 0.15) is 47.6 Å². The van der Waals surface area contributed by atoms with Crippen LogP contribution in [0, 0.1) is 0 Å². The molecular weight excluding hydrogens is 432 g/mol. The smallest absolute Gasteiger partial charge is 0.255 e. The number of hydrogen-bond donors (Lipinski definition) is 1. The van der Waals surface area contributed by atoms with Crippen molar-refractivity contribution < 1.29 is 14.3 Å². The SMILES string of the molecule is COc1ccc(N2C(=O)CSC2c2ccc(NC(=O)c3ccc(C(C)(C)C)cc3)cc2)cc1. The number of thioether (sulfide) groups is 1. The molecule has 1 saturated heterocycles. The molecule has 170 valence electrons. The van der Waals surface area contributed by atoms with E-state index in [-0.39, 0.29) is 22.6 Å². The Hall–Kier alpha value is -3.25. The molecule has 2 amide bonds. The van der Waals surface area contributed by atoms with Crippen molar-refractivity contribution in [2.24, 2.45) is 0 Å². The molecule has 0 bridgehead atoms. The summed E-state index contributed by atoms with van der Waals surface area (Å²) in [6, 6.07) is 22.9. The Bertz CT molecular complexity index is 1130. The van der Waals surface area contributed by atoms with Gasteiger partial charge in [-0.3, -0.25) is 14.5 Å². The first-order valence-electron chi connectivity index (χ1n) is 10.9. The van der Waals surface area contributed by atoms with Crippen LogP contribution in [-0.4, -0.2) is 24.7 Å². The zero-order valence-corrected chi connectivity index (χ0v) is 20.1. The fraction of sp³-hybridized carbons (Fsp3) is 0.259. The summed E-state index contributed by atoms with van der Waals surface area (Å²) in [6.45, 7) is 6.45. The van der Waals surface area contributed by atoms with Gasteiger partial charge >= 0.3 is 0 Å². The van der Waals surface area contributed by atoms with Crippen molar-refractivity contribution in [1.82, 2.24) is 0 Å². The third-order valence-electron chi connectivity index (χ3n) is 5.69. The van der Waals surface area contributed by atoms with Gasteiger partial charge in [-0.15, -0.1) is 11.8 Å². The summed E-state index contributed by atoms with van der Waals surface area (Å²) in [5, 5.41) is 2.85. The van der Waals surface area contributed by atoms with Crippen LogP contribution >= 0.6 is 11.8 Å². The second kappa shape index (κ2) is 9.32. The Labute approximate surface area is 199 Å². The lowest BCUT2D eigenvalue weighted by Crippen LogP contribution is -2.27. The maximum Gasteiger partial charge on any atom is 0.255 e. The molecule has 5 nitrogen and oxygen atoms in total. The standard InChI is InChI=1S/C27H28N2O3S/c1-27(2,3)20-9-5-18(6-10-20)25(31)28-21-11-7-19(8-12-21)26-29(24(30)17-33-26)22-13-15-23(32-4)16-14-22/h5-16,26H,17H2,1-4H3,(H,28,31). The summed E-state index contributed by atoms with van der Waals surface area (Å²) in [4.78, 5) is 27.1. The lowest BCUT2D eigenvalue weighted by atomic mass is 9.87. The number of carbonyl (C=O) groups is 2. The van der Waals surface area contributed by atoms with Crippen LogP contribution in [0.2, 0.25) is 0 Å². The third kappa shape index (κ3) is 5.06. The third-order valence-corrected chi connectivity index (χ3v) is 6.90. The van der Waals surface area contributed by atoms with E-state index in [1.54, 1.807) is 18.9 Å². The van der Waals surface area contributed by atoms with Gasteiger partial charge in [0.2, 0.25) is 5.91 Å². The van der Waals surface area contributed by atoms with Gasteiger partial charge in [0.25, 0.3) is 5.91 Å². The zero-order valence-electron chi connectivity index (χ0n) is 19.3. The Kier molecular flexibility index (Phi) is 6.47. The van der Waals surface area contributed by atoms with E-state index in [4.69, 9.17) is 4.74 Å². The van der Waals surface area contributed by atoms with E-state index in [1.165, 1.54) is 5.56 Å². The predicted octanol–water partition coefficient (Wildman–Crippen LogP) is 6.02. The van der Waals surface area contributed by atoms with E-state index >= 15 is 0 Å². The predicted molar refractivity (Wildman–Crippen MR) is 135 cm³/mol. The maximum atomic E-state index is 12.7. The number of methoxy groups -OCH3 is 1. The van der Waals surface area contributed by atoms with Crippen LogP contribution < -0.4 is 15.0 Å². The molecule has 1 aliphatic heterocycles. The zero-order chi connectivity index (χ0) is 23.6. The molecule has 0 radical (unpaired) electrons. The minimum Gasteiger partial charge on any atom is -0.497 e. The molecule has 0 saturated carbocycles. The number of nitrogens with one attached hydrogen (secondary N) is 1. The van der Waals surface area contributed by atoms with Crippen molar-refractivity contribution >= 4 is 35.0 Å². The summed E-state index contributed by atoms with van der Waals surface area (Å²) in [7, 11) is 1.62. The molecule has 3 aromatic rings. The Morgan fingerprint density at radius 2 is 1.61 bits per heavy atom. The largest absolute Gasteiger partial charge is 0.497 e. The van der Waals surface area contributed by atoms with Crippen LogP contribution in [-0.2, 0) is 10.2 Å². The van der Waals surface area contributed by atoms with Crippen molar-refractivity contribution in [1.29, 1.82) is 0 Å². The van der Waals surface area contributed by atoms with Gasteiger partial charge in [0.15, 0.2) is 0 Å². The van der Waals surface area contributed by atoms with E-state index < -0.39 is 0 Å². The molecule has 0 spiro atoms. The molecule has 1 atom stereocenters. The highest BCUT2D eigenvalue weighted by Crippen LogP contribution is 2.42. The number of carbonyl (C=O) groups excluding carboxylic acids is 2. The number of amides is 2. The van der Waals surface area contributed by atoms with E-state index in [1.807, 2.05) is 77.7 Å². The van der Waals surface area contributed by atoms with E-state index in [0.717, 1.165) is 17.0 Å². The minimum absolute atomic E-state index is 0.0458. The van der Waals surface area contributed by atoms with Crippen LogP contribution in [0.4, 0.5) is 11.4 Å². The van der Waals surface area contributed by atoms with Crippen molar-refractivity contribution in [3.8, 4) is 5.75 Å². The molecule has 0 aromatic heterocycles. The van der Waals surface area contributed by atoms with Gasteiger partial charge in [0.1, 0.15) is 11.1 Å². The molecule has 1 N–H and O–H groups in total. The molecular formula is C27H28N2O3S. The van der Waals surface area contributed by atoms with Gasteiger partial charge < -0.3 is 10.1 Å². The molecule has 1 aliphatic rings. The topological polar surface area (TPSA) is 58.6 Å². The van der Waals surface area contributed by atoms with Gasteiger partial charge in [-0.25, -0.2) is 0 Å². The van der Waals surface area contributed by atoms with Crippen LogP contribution in [0.15, 0.2) is 72.8 Å². The van der Waals surface area contributed by atoms with E-state index in [2.05, 4.69) is 26.1 Å². The Balaban J connectivity index is 1.47. The average molecular weight is 461 g/mol. The van der Waals surface area contributed by atoms with Gasteiger partial charge in [0.05, 0.1) is 12.9 Å². The molecule has 33 heavy (non-hydrogen) atoms. The number of nitrogens with zero attached hydrogens (tertiary/aromatic N) is 1. The number of ether oxygens (including phenoxy) is 1. The first kappa shape index (κ1) is 22.9. The summed E-state index contributed by atoms with van der Waals surface area (Å²) >= 11 is 1.59. The summed E-state index contributed by atoms with van der Waals surface area (Å²) in [5.41, 5.74) is 4.42. The van der Waals surface area contributed by atoms with Crippen LogP contribution in [0.3, 0.4) is 0 Å². The van der Waals surface area contributed by atoms with Gasteiger partial charge in [-0.05, 0) is 65.1 Å². The van der Waals surface area contributed by atoms with Crippen molar-refractivity contribution in [3.05, 3.63) is 89.5 Å². The fourth-order valence-corrected chi connectivity index (χ4v) is 4.93. The highest BCUT2D eigenvalue weighted by Gasteiger charge is 2.34. The van der Waals surface area contributed by atoms with E-state index in [9.17, 15) is 9.59 Å². The number of anilines is 2. The molecule has 1 fully saturated rings. The molecule has 3 aromatic carbocycles. The lowest BCUT2D eigenvalue weighted by Gasteiger charge is -2.24. The van der Waals surface area contributed by atoms with Crippen molar-refractivity contribution in [2.75, 3.05) is 23.1 Å². The van der Waals surface area contributed by atoms with Gasteiger partial charge in [0, 0.05) is 16.9 Å². The summed E-state index contributed by atoms with van der Waals surface area (Å²) < 4.78 is 5.22. The number of benzene rings is 3. The second-order valence-corrected chi connectivity index (χ2v) is 10.1. The molecule has 1 heterocycles. The van der Waals surface area contributed by atoms with Gasteiger partial charge in [-0.2, -0.15) is 0 Å². The summed E-state index contributed by atoms with van der Waals surface area (Å²) in [6.07, 6.45) is 0. The minimum atomic E-state index is -0.145. The molecule has 1 unspecified atom stereocenters. The maximum absolute atomic E-state index is 12.7. The van der Waals surface area contributed by atoms with Crippen molar-refractivity contribution in [3.63, 3.8) is 0 Å². The monoisotopic (exact) mass is 460 g/mol. The Morgan fingerprint density at radius 1 is 0.970 bits per heavy atom. The van der Waals surface area contributed by atoms with Gasteiger partial charge in [-0.1, -0.05) is 45.0 Å². The quantitative estimate of drug-likeness (QED) is 0.506. The first-order valence-corrected chi connectivity index (χ1v) is 11.9. The molecule has 6 heteroatoms. The van der Waals surface area contributed by atoms with Crippen molar-refractivity contribution in [2.45, 2.75) is 31.6 Å². The molecule has 4 rings (SSSR count). The number of rotatable bonds is 5. The second-order valence-electron chi connectivity index (χ2n) is 9.03. The lowest BCUT2D eigenvalue weighted by molar-refractivity contribution is -0.115. The van der Waals surface area contributed by atoms with E-state index in [0.29, 0.717) is 17.0 Å². The highest BCUT2D eigenvalue weighted by molar-refractivity contribution is 8.00.